The fraction of sp³-hybridized carbons (Fsp3) is 0.444. The fourth-order valence-electron chi connectivity index (χ4n) is 3.89. The summed E-state index contributed by atoms with van der Waals surface area (Å²) in [4.78, 5) is 33.3. The van der Waals surface area contributed by atoms with Crippen LogP contribution in [0.1, 0.15) is 42.3 Å². The molecule has 0 saturated heterocycles. The summed E-state index contributed by atoms with van der Waals surface area (Å²) < 4.78 is 44.6. The molecular weight excluding hydrogens is 517 g/mol. The number of fused-ring (bicyclic) bond motifs is 1. The summed E-state index contributed by atoms with van der Waals surface area (Å²) in [5.74, 6) is 4.68. The molecule has 0 unspecified atom stereocenters. The molecule has 3 rings (SSSR count). The van der Waals surface area contributed by atoms with Gasteiger partial charge in [-0.1, -0.05) is 18.8 Å². The molecule has 1 aromatic carbocycles. The number of halogens is 3. The lowest BCUT2D eigenvalue weighted by Gasteiger charge is -2.37. The van der Waals surface area contributed by atoms with Crippen LogP contribution in [0.25, 0.3) is 0 Å². The van der Waals surface area contributed by atoms with E-state index in [0.29, 0.717) is 5.56 Å². The topological polar surface area (TPSA) is 115 Å². The summed E-state index contributed by atoms with van der Waals surface area (Å²) in [7, 11) is 1.51. The molecule has 1 aliphatic heterocycles. The van der Waals surface area contributed by atoms with Gasteiger partial charge in [-0.3, -0.25) is 4.79 Å². The molecule has 210 valence electrons. The monoisotopic (exact) mass is 548 g/mol. The number of hydrogen-bond acceptors (Lipinski definition) is 6. The molecule has 0 bridgehead atoms. The molecule has 2 aromatic rings. The molecule has 0 saturated carbocycles. The van der Waals surface area contributed by atoms with E-state index in [1.54, 1.807) is 6.92 Å². The second-order valence-electron chi connectivity index (χ2n) is 9.53. The smallest absolute Gasteiger partial charge is 0.416 e. The Morgan fingerprint density at radius 3 is 2.56 bits per heavy atom. The number of alkyl halides is 3. The van der Waals surface area contributed by atoms with Crippen molar-refractivity contribution in [2.24, 2.45) is 5.92 Å². The van der Waals surface area contributed by atoms with Gasteiger partial charge in [0.05, 0.1) is 24.8 Å². The molecule has 39 heavy (non-hydrogen) atoms. The molecule has 0 aliphatic carbocycles. The van der Waals surface area contributed by atoms with Gasteiger partial charge in [-0.05, 0) is 44.2 Å². The highest BCUT2D eigenvalue weighted by atomic mass is 19.4. The Hall–Kier alpha value is -3.82. The van der Waals surface area contributed by atoms with Crippen LogP contribution in [0.15, 0.2) is 36.5 Å². The minimum absolute atomic E-state index is 0.0332. The predicted molar refractivity (Wildman–Crippen MR) is 137 cm³/mol. The number of rotatable bonds is 5. The number of carbonyl (C=O) groups excluding carboxylic acids is 2. The van der Waals surface area contributed by atoms with Crippen molar-refractivity contribution in [2.75, 3.05) is 32.1 Å². The number of amides is 3. The quantitative estimate of drug-likeness (QED) is 0.495. The lowest BCUT2D eigenvalue weighted by Crippen LogP contribution is -2.50. The first-order chi connectivity index (χ1) is 18.3. The third-order valence-corrected chi connectivity index (χ3v) is 6.21. The van der Waals surface area contributed by atoms with Gasteiger partial charge >= 0.3 is 12.2 Å². The molecule has 0 spiro atoms. The Balaban J connectivity index is 1.84. The summed E-state index contributed by atoms with van der Waals surface area (Å²) in [5.41, 5.74) is -0.117. The Kier molecular flexibility index (Phi) is 9.42. The van der Waals surface area contributed by atoms with E-state index in [2.05, 4.69) is 22.1 Å². The normalized spacial score (nSPS) is 18.9. The number of carbonyl (C=O) groups is 2. The number of ether oxygens (including phenoxy) is 1. The van der Waals surface area contributed by atoms with Crippen LogP contribution < -0.4 is 10.1 Å². The van der Waals surface area contributed by atoms with E-state index >= 15 is 0 Å². The predicted octanol–water partition coefficient (Wildman–Crippen LogP) is 3.22. The molecular formula is C27H31F3N4O5. The number of anilines is 1. The van der Waals surface area contributed by atoms with Gasteiger partial charge in [0.2, 0.25) is 5.88 Å². The number of nitrogens with zero attached hydrogens (tertiary/aromatic N) is 3. The number of aliphatic hydroxyl groups is 2. The zero-order valence-electron chi connectivity index (χ0n) is 22.0. The molecule has 3 N–H and O–H groups in total. The number of benzene rings is 1. The average molecular weight is 549 g/mol. The van der Waals surface area contributed by atoms with Gasteiger partial charge < -0.3 is 30.1 Å². The molecule has 9 nitrogen and oxygen atoms in total. The highest BCUT2D eigenvalue weighted by molar-refractivity contribution is 5.97. The van der Waals surface area contributed by atoms with Gasteiger partial charge in [0.25, 0.3) is 5.91 Å². The van der Waals surface area contributed by atoms with Crippen LogP contribution in [-0.2, 0) is 6.18 Å². The molecule has 1 aliphatic rings. The second-order valence-corrected chi connectivity index (χ2v) is 9.53. The largest absolute Gasteiger partial charge is 0.472 e. The number of likely N-dealkylation sites (N-methyl/N-ethyl adjacent to an activating group) is 1. The van der Waals surface area contributed by atoms with Gasteiger partial charge in [-0.15, -0.1) is 0 Å². The van der Waals surface area contributed by atoms with E-state index in [-0.39, 0.29) is 42.7 Å². The minimum Gasteiger partial charge on any atom is -0.472 e. The van der Waals surface area contributed by atoms with Gasteiger partial charge in [0.15, 0.2) is 0 Å². The molecule has 12 heteroatoms. The van der Waals surface area contributed by atoms with Crippen LogP contribution in [0, 0.1) is 17.8 Å². The van der Waals surface area contributed by atoms with Gasteiger partial charge in [-0.2, -0.15) is 13.2 Å². The maximum atomic E-state index is 13.4. The summed E-state index contributed by atoms with van der Waals surface area (Å²) in [5, 5.41) is 21.8. The number of aliphatic hydroxyl groups excluding tert-OH is 2. The second kappa shape index (κ2) is 12.4. The van der Waals surface area contributed by atoms with Gasteiger partial charge in [-0.25, -0.2) is 9.78 Å². The zero-order valence-corrected chi connectivity index (χ0v) is 22.0. The van der Waals surface area contributed by atoms with Gasteiger partial charge in [0, 0.05) is 37.0 Å². The Morgan fingerprint density at radius 1 is 1.31 bits per heavy atom. The van der Waals surface area contributed by atoms with Crippen LogP contribution in [0.4, 0.5) is 23.7 Å². The molecule has 4 atom stereocenters. The fourth-order valence-corrected chi connectivity index (χ4v) is 3.89. The van der Waals surface area contributed by atoms with E-state index in [0.717, 1.165) is 12.1 Å². The van der Waals surface area contributed by atoms with Crippen molar-refractivity contribution in [1.29, 1.82) is 0 Å². The van der Waals surface area contributed by atoms with E-state index in [9.17, 15) is 33.0 Å². The summed E-state index contributed by atoms with van der Waals surface area (Å²) in [6, 6.07) is 4.52. The van der Waals surface area contributed by atoms with Crippen molar-refractivity contribution < 1.29 is 37.7 Å². The summed E-state index contributed by atoms with van der Waals surface area (Å²) >= 11 is 0. The van der Waals surface area contributed by atoms with Crippen LogP contribution >= 0.6 is 0 Å². The highest BCUT2D eigenvalue weighted by Crippen LogP contribution is 2.30. The van der Waals surface area contributed by atoms with Crippen LogP contribution in [0.3, 0.4) is 0 Å². The van der Waals surface area contributed by atoms with Gasteiger partial charge in [0.1, 0.15) is 17.8 Å². The summed E-state index contributed by atoms with van der Waals surface area (Å²) in [6.45, 7) is 5.05. The minimum atomic E-state index is -4.48. The maximum Gasteiger partial charge on any atom is 0.416 e. The van der Waals surface area contributed by atoms with Crippen molar-refractivity contribution in [3.05, 3.63) is 53.2 Å². The van der Waals surface area contributed by atoms with Crippen molar-refractivity contribution >= 4 is 17.6 Å². The third-order valence-electron chi connectivity index (χ3n) is 6.21. The Morgan fingerprint density at radius 2 is 1.97 bits per heavy atom. The number of urea groups is 1. The summed E-state index contributed by atoms with van der Waals surface area (Å²) in [6.07, 6.45) is -4.58. The molecule has 1 aromatic heterocycles. The van der Waals surface area contributed by atoms with E-state index < -0.39 is 41.9 Å². The van der Waals surface area contributed by atoms with Crippen LogP contribution in [-0.4, -0.2) is 81.9 Å². The first-order valence-electron chi connectivity index (χ1n) is 12.3. The highest BCUT2D eigenvalue weighted by Gasteiger charge is 2.35. The first-order valence-corrected chi connectivity index (χ1v) is 12.3. The Labute approximate surface area is 224 Å². The van der Waals surface area contributed by atoms with E-state index in [4.69, 9.17) is 4.74 Å². The van der Waals surface area contributed by atoms with E-state index in [1.807, 2.05) is 6.92 Å². The maximum absolute atomic E-state index is 13.4. The molecule has 2 heterocycles. The van der Waals surface area contributed by atoms with Crippen molar-refractivity contribution in [3.63, 3.8) is 0 Å². The third kappa shape index (κ3) is 7.61. The number of hydrogen-bond donors (Lipinski definition) is 3. The average Bonchev–Trinajstić information content (AvgIpc) is 2.88. The molecule has 3 amide bonds. The molecule has 0 fully saturated rings. The van der Waals surface area contributed by atoms with Crippen LogP contribution in [0.5, 0.6) is 5.88 Å². The van der Waals surface area contributed by atoms with Crippen LogP contribution in [0.2, 0.25) is 0 Å². The standard InChI is InChI=1S/C27H31F3N4O5/c1-16-13-34(17(2)15-35)25(37)22-11-19(6-5-18(3)36)12-31-24(22)39-23(16)14-33(4)26(38)32-21-9-7-20(8-10-21)27(28,29)30/h7-12,16-18,23,35-36H,13-15H2,1-4H3,(H,32,38)/t16-,17+,18-,23+/m0/s1. The van der Waals surface area contributed by atoms with Crippen molar-refractivity contribution in [3.8, 4) is 17.7 Å². The van der Waals surface area contributed by atoms with Crippen molar-refractivity contribution in [2.45, 2.75) is 45.2 Å². The lowest BCUT2D eigenvalue weighted by molar-refractivity contribution is -0.137. The van der Waals surface area contributed by atoms with E-state index in [1.165, 1.54) is 48.2 Å². The zero-order chi connectivity index (χ0) is 28.9. The SMILES string of the molecule is C[C@H](O)C#Cc1cnc2c(c1)C(=O)N([C@H](C)CO)C[C@H](C)[C@@H](CN(C)C(=O)Nc1ccc(C(F)(F)F)cc1)O2. The first kappa shape index (κ1) is 29.7. The number of aromatic nitrogens is 1. The van der Waals surface area contributed by atoms with Crippen molar-refractivity contribution in [1.82, 2.24) is 14.8 Å². The lowest BCUT2D eigenvalue weighted by atomic mass is 10.00. The number of nitrogens with one attached hydrogen (secondary N) is 1. The number of pyridine rings is 1. The molecule has 0 radical (unpaired) electrons. The Bertz CT molecular complexity index is 1240.